The molecule has 0 spiro atoms. The van der Waals surface area contributed by atoms with Gasteiger partial charge in [-0.05, 0) is 29.0 Å². The van der Waals surface area contributed by atoms with Crippen LogP contribution in [0, 0.1) is 0 Å². The maximum atomic E-state index is 6.14. The van der Waals surface area contributed by atoms with Crippen LogP contribution in [-0.4, -0.2) is 20.2 Å². The number of anilines is 1. The fourth-order valence-corrected chi connectivity index (χ4v) is 1.89. The molecule has 0 fully saturated rings. The predicted molar refractivity (Wildman–Crippen MR) is 67.6 cm³/mol. The summed E-state index contributed by atoms with van der Waals surface area (Å²) in [4.78, 5) is 0. The Balaban J connectivity index is 2.43. The Hall–Kier alpha value is -1.62. The van der Waals surface area contributed by atoms with Gasteiger partial charge in [-0.25, -0.2) is 4.68 Å². The van der Waals surface area contributed by atoms with E-state index in [9.17, 15) is 0 Å². The molecule has 5 nitrogen and oxygen atoms in total. The lowest BCUT2D eigenvalue weighted by atomic mass is 10.1. The molecule has 0 saturated heterocycles. The topological polar surface area (TPSA) is 69.6 Å². The quantitative estimate of drug-likeness (QED) is 0.847. The van der Waals surface area contributed by atoms with E-state index in [1.807, 2.05) is 0 Å². The molecule has 0 bridgehead atoms. The molecule has 0 aliphatic carbocycles. The van der Waals surface area contributed by atoms with Gasteiger partial charge in [0.1, 0.15) is 0 Å². The first-order valence-electron chi connectivity index (χ1n) is 5.54. The first kappa shape index (κ1) is 11.9. The number of rotatable bonds is 4. The summed E-state index contributed by atoms with van der Waals surface area (Å²) in [6.45, 7) is 2.89. The van der Waals surface area contributed by atoms with E-state index in [4.69, 9.17) is 17.3 Å². The van der Waals surface area contributed by atoms with Crippen LogP contribution in [0.2, 0.25) is 5.02 Å². The fourth-order valence-electron chi connectivity index (χ4n) is 1.62. The highest BCUT2D eigenvalue weighted by molar-refractivity contribution is 6.33. The number of aryl methyl sites for hydroxylation is 1. The van der Waals surface area contributed by atoms with Crippen molar-refractivity contribution in [2.45, 2.75) is 26.3 Å². The molecular formula is C11H14ClN5. The molecule has 0 aliphatic rings. The second kappa shape index (κ2) is 5.14. The molecule has 1 aromatic carbocycles. The Morgan fingerprint density at radius 1 is 1.41 bits per heavy atom. The molecule has 0 unspecified atom stereocenters. The summed E-state index contributed by atoms with van der Waals surface area (Å²) in [5.41, 5.74) is 7.21. The third-order valence-corrected chi connectivity index (χ3v) is 2.84. The minimum absolute atomic E-state index is 0.567. The lowest BCUT2D eigenvalue weighted by Crippen LogP contribution is -2.04. The largest absolute Gasteiger partial charge is 0.398 e. The standard InChI is InChI=1S/C11H14ClN5/c1-2-3-7-17-11(14-15-16-17)10-8(12)5-4-6-9(10)13/h4-6H,2-3,7,13H2,1H3. The van der Waals surface area contributed by atoms with Crippen LogP contribution in [0.3, 0.4) is 0 Å². The predicted octanol–water partition coefficient (Wildman–Crippen LogP) is 2.38. The number of unbranched alkanes of at least 4 members (excludes halogenated alkanes) is 1. The molecule has 2 rings (SSSR count). The van der Waals surface area contributed by atoms with Crippen molar-refractivity contribution in [2.24, 2.45) is 0 Å². The Kier molecular flexibility index (Phi) is 3.58. The summed E-state index contributed by atoms with van der Waals surface area (Å²) < 4.78 is 1.74. The summed E-state index contributed by atoms with van der Waals surface area (Å²) in [6.07, 6.45) is 2.10. The molecule has 90 valence electrons. The van der Waals surface area contributed by atoms with Crippen LogP contribution in [0.15, 0.2) is 18.2 Å². The van der Waals surface area contributed by atoms with Crippen molar-refractivity contribution >= 4 is 17.3 Å². The van der Waals surface area contributed by atoms with Crippen LogP contribution >= 0.6 is 11.6 Å². The number of hydrogen-bond donors (Lipinski definition) is 1. The monoisotopic (exact) mass is 251 g/mol. The molecule has 6 heteroatoms. The van der Waals surface area contributed by atoms with Crippen molar-refractivity contribution < 1.29 is 0 Å². The van der Waals surface area contributed by atoms with Gasteiger partial charge >= 0.3 is 0 Å². The molecule has 17 heavy (non-hydrogen) atoms. The first-order valence-corrected chi connectivity index (χ1v) is 5.92. The first-order chi connectivity index (χ1) is 8.24. The fraction of sp³-hybridized carbons (Fsp3) is 0.364. The van der Waals surface area contributed by atoms with Crippen LogP contribution in [0.4, 0.5) is 5.69 Å². The van der Waals surface area contributed by atoms with Crippen LogP contribution < -0.4 is 5.73 Å². The highest BCUT2D eigenvalue weighted by atomic mass is 35.5. The average molecular weight is 252 g/mol. The molecule has 0 amide bonds. The number of benzene rings is 1. The number of halogens is 1. The highest BCUT2D eigenvalue weighted by Gasteiger charge is 2.14. The number of nitrogen functional groups attached to an aromatic ring is 1. The van der Waals surface area contributed by atoms with Gasteiger partial charge in [-0.2, -0.15) is 0 Å². The van der Waals surface area contributed by atoms with Crippen molar-refractivity contribution in [1.82, 2.24) is 20.2 Å². The van der Waals surface area contributed by atoms with Gasteiger partial charge in [0.25, 0.3) is 0 Å². The van der Waals surface area contributed by atoms with Crippen molar-refractivity contribution in [3.8, 4) is 11.4 Å². The third-order valence-electron chi connectivity index (χ3n) is 2.52. The van der Waals surface area contributed by atoms with Crippen molar-refractivity contribution in [3.63, 3.8) is 0 Å². The second-order valence-electron chi connectivity index (χ2n) is 3.78. The molecule has 0 atom stereocenters. The van der Waals surface area contributed by atoms with Gasteiger partial charge in [-0.1, -0.05) is 31.0 Å². The molecular weight excluding hydrogens is 238 g/mol. The van der Waals surface area contributed by atoms with Crippen molar-refractivity contribution in [1.29, 1.82) is 0 Å². The van der Waals surface area contributed by atoms with Gasteiger partial charge in [0.2, 0.25) is 0 Å². The van der Waals surface area contributed by atoms with Crippen LogP contribution in [0.5, 0.6) is 0 Å². The SMILES string of the molecule is CCCCn1nnnc1-c1c(N)cccc1Cl. The van der Waals surface area contributed by atoms with Gasteiger partial charge < -0.3 is 5.73 Å². The molecule has 1 heterocycles. The lowest BCUT2D eigenvalue weighted by Gasteiger charge is -2.07. The van der Waals surface area contributed by atoms with Crippen LogP contribution in [0.1, 0.15) is 19.8 Å². The second-order valence-corrected chi connectivity index (χ2v) is 4.19. The normalized spacial score (nSPS) is 10.7. The number of nitrogens with two attached hydrogens (primary N) is 1. The zero-order chi connectivity index (χ0) is 12.3. The van der Waals surface area contributed by atoms with Gasteiger partial charge in [0.05, 0.1) is 10.6 Å². The average Bonchev–Trinajstić information content (AvgIpc) is 2.74. The van der Waals surface area contributed by atoms with Gasteiger partial charge in [0.15, 0.2) is 5.82 Å². The van der Waals surface area contributed by atoms with Crippen molar-refractivity contribution in [2.75, 3.05) is 5.73 Å². The maximum absolute atomic E-state index is 6.14. The molecule has 0 aliphatic heterocycles. The summed E-state index contributed by atoms with van der Waals surface area (Å²) in [7, 11) is 0. The van der Waals surface area contributed by atoms with E-state index in [1.54, 1.807) is 22.9 Å². The van der Waals surface area contributed by atoms with Crippen molar-refractivity contribution in [3.05, 3.63) is 23.2 Å². The molecule has 1 aromatic heterocycles. The zero-order valence-electron chi connectivity index (χ0n) is 9.60. The highest BCUT2D eigenvalue weighted by Crippen LogP contribution is 2.31. The molecule has 2 N–H and O–H groups in total. The summed E-state index contributed by atoms with van der Waals surface area (Å²) in [5.74, 6) is 0.626. The Labute approximate surface area is 105 Å². The number of hydrogen-bond acceptors (Lipinski definition) is 4. The van der Waals surface area contributed by atoms with E-state index in [0.29, 0.717) is 22.1 Å². The molecule has 0 radical (unpaired) electrons. The molecule has 2 aromatic rings. The number of tetrazole rings is 1. The van der Waals surface area contributed by atoms with E-state index in [0.717, 1.165) is 19.4 Å². The zero-order valence-corrected chi connectivity index (χ0v) is 10.4. The Morgan fingerprint density at radius 2 is 2.24 bits per heavy atom. The number of aromatic nitrogens is 4. The summed E-state index contributed by atoms with van der Waals surface area (Å²) in [6, 6.07) is 5.38. The summed E-state index contributed by atoms with van der Waals surface area (Å²) >= 11 is 6.14. The maximum Gasteiger partial charge on any atom is 0.185 e. The van der Waals surface area contributed by atoms with E-state index in [1.165, 1.54) is 0 Å². The van der Waals surface area contributed by atoms with Gasteiger partial charge in [-0.3, -0.25) is 0 Å². The van der Waals surface area contributed by atoms with E-state index >= 15 is 0 Å². The third kappa shape index (κ3) is 2.39. The Morgan fingerprint density at radius 3 is 2.94 bits per heavy atom. The van der Waals surface area contributed by atoms with Gasteiger partial charge in [0, 0.05) is 12.2 Å². The summed E-state index contributed by atoms with van der Waals surface area (Å²) in [5, 5.41) is 12.2. The Bertz CT molecular complexity index is 488. The van der Waals surface area contributed by atoms with E-state index in [-0.39, 0.29) is 0 Å². The minimum atomic E-state index is 0.567. The van der Waals surface area contributed by atoms with Gasteiger partial charge in [-0.15, -0.1) is 5.10 Å². The smallest absolute Gasteiger partial charge is 0.185 e. The number of nitrogens with zero attached hydrogens (tertiary/aromatic N) is 4. The lowest BCUT2D eigenvalue weighted by molar-refractivity contribution is 0.557. The van der Waals surface area contributed by atoms with E-state index < -0.39 is 0 Å². The minimum Gasteiger partial charge on any atom is -0.398 e. The van der Waals surface area contributed by atoms with E-state index in [2.05, 4.69) is 22.4 Å². The van der Waals surface area contributed by atoms with Crippen LogP contribution in [0.25, 0.3) is 11.4 Å². The van der Waals surface area contributed by atoms with Crippen LogP contribution in [-0.2, 0) is 6.54 Å². The molecule has 0 saturated carbocycles.